The molecule has 1 aliphatic heterocycles. The van der Waals surface area contributed by atoms with E-state index in [1.807, 2.05) is 20.8 Å². The Hall–Kier alpha value is -3.53. The van der Waals surface area contributed by atoms with Gasteiger partial charge in [0, 0.05) is 36.7 Å². The van der Waals surface area contributed by atoms with Crippen molar-refractivity contribution in [3.8, 4) is 11.3 Å². The SMILES string of the molecule is CC(C)(C)OC(=O)N1CC(Nc2cncc(-c3cnc(Nc4ccc(F)c(Cl)c4)nc3)n2)C1. The van der Waals surface area contributed by atoms with Gasteiger partial charge in [0.25, 0.3) is 0 Å². The van der Waals surface area contributed by atoms with Crippen LogP contribution in [0.3, 0.4) is 0 Å². The number of carbonyl (C=O) groups excluding carboxylic acids is 1. The van der Waals surface area contributed by atoms with Crippen LogP contribution >= 0.6 is 11.6 Å². The van der Waals surface area contributed by atoms with E-state index in [4.69, 9.17) is 16.3 Å². The topological polar surface area (TPSA) is 105 Å². The minimum Gasteiger partial charge on any atom is -0.444 e. The number of ether oxygens (including phenoxy) is 1. The van der Waals surface area contributed by atoms with Crippen LogP contribution in [0.2, 0.25) is 5.02 Å². The lowest BCUT2D eigenvalue weighted by molar-refractivity contribution is 0.0104. The number of carbonyl (C=O) groups is 1. The number of anilines is 3. The first kappa shape index (κ1) is 22.7. The van der Waals surface area contributed by atoms with Gasteiger partial charge in [-0.15, -0.1) is 0 Å². The smallest absolute Gasteiger partial charge is 0.410 e. The number of likely N-dealkylation sites (tertiary alicyclic amines) is 1. The number of halogens is 2. The van der Waals surface area contributed by atoms with Crippen LogP contribution in [-0.2, 0) is 4.74 Å². The molecule has 4 rings (SSSR count). The second-order valence-electron chi connectivity index (χ2n) is 8.57. The molecule has 0 radical (unpaired) electrons. The summed E-state index contributed by atoms with van der Waals surface area (Å²) in [6, 6.07) is 4.33. The summed E-state index contributed by atoms with van der Waals surface area (Å²) in [5, 5.41) is 6.25. The van der Waals surface area contributed by atoms with Crippen molar-refractivity contribution in [3.05, 3.63) is 53.8 Å². The van der Waals surface area contributed by atoms with Crippen molar-refractivity contribution in [2.24, 2.45) is 0 Å². The van der Waals surface area contributed by atoms with Crippen LogP contribution in [0, 0.1) is 5.82 Å². The highest BCUT2D eigenvalue weighted by Crippen LogP contribution is 2.23. The fraction of sp³-hybridized carbons (Fsp3) is 0.318. The van der Waals surface area contributed by atoms with Gasteiger partial charge >= 0.3 is 6.09 Å². The van der Waals surface area contributed by atoms with E-state index in [-0.39, 0.29) is 17.2 Å². The number of aromatic nitrogens is 4. The van der Waals surface area contributed by atoms with E-state index in [1.165, 1.54) is 12.1 Å². The third kappa shape index (κ3) is 5.83. The quantitative estimate of drug-likeness (QED) is 0.560. The molecular formula is C22H23ClFN7O2. The number of amides is 1. The van der Waals surface area contributed by atoms with Crippen LogP contribution < -0.4 is 10.6 Å². The molecule has 9 nitrogen and oxygen atoms in total. The fourth-order valence-corrected chi connectivity index (χ4v) is 3.24. The van der Waals surface area contributed by atoms with Crippen LogP contribution in [0.5, 0.6) is 0 Å². The van der Waals surface area contributed by atoms with Gasteiger partial charge in [0.1, 0.15) is 17.2 Å². The van der Waals surface area contributed by atoms with Crippen molar-refractivity contribution in [1.82, 2.24) is 24.8 Å². The molecule has 0 aliphatic carbocycles. The van der Waals surface area contributed by atoms with E-state index < -0.39 is 11.4 Å². The average molecular weight is 472 g/mol. The largest absolute Gasteiger partial charge is 0.444 e. The van der Waals surface area contributed by atoms with Crippen molar-refractivity contribution in [2.45, 2.75) is 32.4 Å². The Morgan fingerprint density at radius 2 is 1.91 bits per heavy atom. The summed E-state index contributed by atoms with van der Waals surface area (Å²) in [6.07, 6.45) is 6.14. The maximum Gasteiger partial charge on any atom is 0.410 e. The second kappa shape index (κ2) is 9.14. The molecule has 172 valence electrons. The van der Waals surface area contributed by atoms with Crippen molar-refractivity contribution >= 4 is 35.1 Å². The summed E-state index contributed by atoms with van der Waals surface area (Å²) >= 11 is 5.80. The number of benzene rings is 1. The molecule has 0 atom stereocenters. The van der Waals surface area contributed by atoms with E-state index in [0.717, 1.165) is 0 Å². The van der Waals surface area contributed by atoms with E-state index in [9.17, 15) is 9.18 Å². The molecule has 3 aromatic rings. The molecule has 0 saturated carbocycles. The highest BCUT2D eigenvalue weighted by Gasteiger charge is 2.33. The first-order chi connectivity index (χ1) is 15.7. The molecule has 33 heavy (non-hydrogen) atoms. The highest BCUT2D eigenvalue weighted by molar-refractivity contribution is 6.31. The number of hydrogen-bond donors (Lipinski definition) is 2. The van der Waals surface area contributed by atoms with E-state index in [2.05, 4.69) is 30.6 Å². The Bertz CT molecular complexity index is 1150. The zero-order valence-electron chi connectivity index (χ0n) is 18.3. The lowest BCUT2D eigenvalue weighted by Gasteiger charge is -2.40. The number of nitrogens with one attached hydrogen (secondary N) is 2. The Kier molecular flexibility index (Phi) is 6.28. The highest BCUT2D eigenvalue weighted by atomic mass is 35.5. The first-order valence-corrected chi connectivity index (χ1v) is 10.6. The van der Waals surface area contributed by atoms with Gasteiger partial charge in [0.15, 0.2) is 0 Å². The lowest BCUT2D eigenvalue weighted by atomic mass is 10.1. The predicted octanol–water partition coefficient (Wildman–Crippen LogP) is 4.50. The van der Waals surface area contributed by atoms with Gasteiger partial charge in [0.2, 0.25) is 5.95 Å². The Balaban J connectivity index is 1.35. The summed E-state index contributed by atoms with van der Waals surface area (Å²) in [5.74, 6) is 0.426. The molecule has 1 aliphatic rings. The van der Waals surface area contributed by atoms with Crippen molar-refractivity contribution in [3.63, 3.8) is 0 Å². The summed E-state index contributed by atoms with van der Waals surface area (Å²) < 4.78 is 18.7. The van der Waals surface area contributed by atoms with Crippen molar-refractivity contribution in [2.75, 3.05) is 23.7 Å². The molecule has 0 spiro atoms. The molecule has 1 amide bonds. The summed E-state index contributed by atoms with van der Waals surface area (Å²) in [4.78, 5) is 31.0. The number of hydrogen-bond acceptors (Lipinski definition) is 8. The normalized spacial score (nSPS) is 13.9. The maximum atomic E-state index is 13.3. The Morgan fingerprint density at radius 3 is 2.58 bits per heavy atom. The van der Waals surface area contributed by atoms with Crippen LogP contribution in [0.15, 0.2) is 43.0 Å². The molecule has 1 saturated heterocycles. The molecule has 1 fully saturated rings. The molecule has 0 unspecified atom stereocenters. The van der Waals surface area contributed by atoms with Crippen molar-refractivity contribution < 1.29 is 13.9 Å². The Labute approximate surface area is 195 Å². The van der Waals surface area contributed by atoms with Gasteiger partial charge in [0.05, 0.1) is 29.2 Å². The lowest BCUT2D eigenvalue weighted by Crippen LogP contribution is -2.58. The van der Waals surface area contributed by atoms with E-state index in [1.54, 1.807) is 35.8 Å². The maximum absolute atomic E-state index is 13.3. The van der Waals surface area contributed by atoms with E-state index >= 15 is 0 Å². The van der Waals surface area contributed by atoms with Gasteiger partial charge in [-0.3, -0.25) is 4.98 Å². The monoisotopic (exact) mass is 471 g/mol. The van der Waals surface area contributed by atoms with Crippen LogP contribution in [0.4, 0.5) is 26.6 Å². The van der Waals surface area contributed by atoms with Crippen molar-refractivity contribution in [1.29, 1.82) is 0 Å². The predicted molar refractivity (Wildman–Crippen MR) is 123 cm³/mol. The fourth-order valence-electron chi connectivity index (χ4n) is 3.06. The standard InChI is InChI=1S/C22H23ClFN7O2/c1-22(2,3)33-21(32)31-11-15(12-31)28-19-10-25-9-18(30-19)13-7-26-20(27-8-13)29-14-4-5-17(24)16(23)6-14/h4-10,15H,11-12H2,1-3H3,(H,28,30)(H,26,27,29). The minimum absolute atomic E-state index is 0.0110. The van der Waals surface area contributed by atoms with Gasteiger partial charge in [-0.2, -0.15) is 0 Å². The Morgan fingerprint density at radius 1 is 1.18 bits per heavy atom. The molecule has 2 N–H and O–H groups in total. The third-order valence-corrected chi connectivity index (χ3v) is 4.93. The first-order valence-electron chi connectivity index (χ1n) is 10.3. The zero-order valence-corrected chi connectivity index (χ0v) is 19.1. The summed E-state index contributed by atoms with van der Waals surface area (Å²) in [7, 11) is 0. The van der Waals surface area contributed by atoms with Gasteiger partial charge in [-0.25, -0.2) is 24.1 Å². The number of rotatable bonds is 5. The minimum atomic E-state index is -0.519. The molecular weight excluding hydrogens is 449 g/mol. The van der Waals surface area contributed by atoms with Crippen LogP contribution in [0.25, 0.3) is 11.3 Å². The van der Waals surface area contributed by atoms with Gasteiger partial charge < -0.3 is 20.3 Å². The third-order valence-electron chi connectivity index (χ3n) is 4.64. The second-order valence-corrected chi connectivity index (χ2v) is 8.97. The average Bonchev–Trinajstić information content (AvgIpc) is 2.72. The van der Waals surface area contributed by atoms with Gasteiger partial charge in [-0.1, -0.05) is 11.6 Å². The molecule has 0 bridgehead atoms. The summed E-state index contributed by atoms with van der Waals surface area (Å²) in [6.45, 7) is 6.57. The number of nitrogens with zero attached hydrogens (tertiary/aromatic N) is 5. The molecule has 3 heterocycles. The molecule has 2 aromatic heterocycles. The van der Waals surface area contributed by atoms with Gasteiger partial charge in [-0.05, 0) is 39.0 Å². The zero-order chi connectivity index (χ0) is 23.6. The van der Waals surface area contributed by atoms with E-state index in [0.29, 0.717) is 41.8 Å². The summed E-state index contributed by atoms with van der Waals surface area (Å²) in [5.41, 5.74) is 1.33. The molecule has 1 aromatic carbocycles. The molecule has 11 heteroatoms. The van der Waals surface area contributed by atoms with Crippen LogP contribution in [-0.4, -0.2) is 55.7 Å². The van der Waals surface area contributed by atoms with Crippen LogP contribution in [0.1, 0.15) is 20.8 Å².